The zero-order valence-corrected chi connectivity index (χ0v) is 19.3. The summed E-state index contributed by atoms with van der Waals surface area (Å²) in [5.41, 5.74) is 3.66. The van der Waals surface area contributed by atoms with E-state index in [-0.39, 0.29) is 5.91 Å². The zero-order chi connectivity index (χ0) is 24.2. The van der Waals surface area contributed by atoms with Crippen molar-refractivity contribution in [3.8, 4) is 11.5 Å². The van der Waals surface area contributed by atoms with Gasteiger partial charge >= 0.3 is 0 Å². The number of amides is 1. The summed E-state index contributed by atoms with van der Waals surface area (Å²) in [6.45, 7) is 2.30. The maximum Gasteiger partial charge on any atom is 0.255 e. The lowest BCUT2D eigenvalue weighted by Gasteiger charge is -2.28. The molecule has 4 aromatic rings. The number of tetrazole rings is 1. The lowest BCUT2D eigenvalue weighted by molar-refractivity contribution is -0.113. The molecule has 0 fully saturated rings. The summed E-state index contributed by atoms with van der Waals surface area (Å²) < 4.78 is 12.9. The van der Waals surface area contributed by atoms with Gasteiger partial charge in [-0.05, 0) is 52.7 Å². The van der Waals surface area contributed by atoms with Gasteiger partial charge < -0.3 is 20.1 Å². The summed E-state index contributed by atoms with van der Waals surface area (Å²) >= 11 is 0. The van der Waals surface area contributed by atoms with Crippen LogP contribution in [-0.2, 0) is 11.4 Å². The van der Waals surface area contributed by atoms with Crippen LogP contribution >= 0.6 is 0 Å². The number of anilines is 2. The molecule has 9 nitrogen and oxygen atoms in total. The average molecular weight is 469 g/mol. The minimum Gasteiger partial charge on any atom is -0.495 e. The molecule has 35 heavy (non-hydrogen) atoms. The highest BCUT2D eigenvalue weighted by Gasteiger charge is 2.34. The first-order chi connectivity index (χ1) is 17.1. The molecule has 1 atom stereocenters. The molecular formula is C26H24N6O3. The van der Waals surface area contributed by atoms with E-state index in [0.717, 1.165) is 16.9 Å². The summed E-state index contributed by atoms with van der Waals surface area (Å²) in [6.07, 6.45) is 0. The third kappa shape index (κ3) is 4.56. The van der Waals surface area contributed by atoms with Gasteiger partial charge in [0.25, 0.3) is 5.91 Å². The normalized spacial score (nSPS) is 14.6. The molecule has 2 N–H and O–H groups in total. The van der Waals surface area contributed by atoms with Crippen LogP contribution in [0.1, 0.15) is 24.1 Å². The predicted molar refractivity (Wildman–Crippen MR) is 131 cm³/mol. The van der Waals surface area contributed by atoms with Crippen molar-refractivity contribution in [2.24, 2.45) is 0 Å². The molecule has 0 saturated carbocycles. The molecule has 9 heteroatoms. The molecule has 1 aliphatic rings. The Labute approximate surface area is 202 Å². The highest BCUT2D eigenvalue weighted by molar-refractivity contribution is 6.06. The highest BCUT2D eigenvalue weighted by Crippen LogP contribution is 2.36. The van der Waals surface area contributed by atoms with E-state index in [1.54, 1.807) is 23.9 Å². The Morgan fingerprint density at radius 2 is 1.77 bits per heavy atom. The van der Waals surface area contributed by atoms with Crippen LogP contribution in [0.3, 0.4) is 0 Å². The lowest BCUT2D eigenvalue weighted by Crippen LogP contribution is -2.31. The molecule has 0 saturated heterocycles. The van der Waals surface area contributed by atoms with Gasteiger partial charge in [0.1, 0.15) is 24.1 Å². The third-order valence-corrected chi connectivity index (χ3v) is 5.76. The van der Waals surface area contributed by atoms with E-state index in [9.17, 15) is 4.79 Å². The van der Waals surface area contributed by atoms with E-state index >= 15 is 0 Å². The van der Waals surface area contributed by atoms with Crippen LogP contribution in [-0.4, -0.2) is 33.2 Å². The van der Waals surface area contributed by atoms with Gasteiger partial charge in [-0.1, -0.05) is 59.7 Å². The smallest absolute Gasteiger partial charge is 0.255 e. The molecule has 0 radical (unpaired) electrons. The zero-order valence-electron chi connectivity index (χ0n) is 19.3. The van der Waals surface area contributed by atoms with Crippen LogP contribution in [0, 0.1) is 0 Å². The predicted octanol–water partition coefficient (Wildman–Crippen LogP) is 4.19. The summed E-state index contributed by atoms with van der Waals surface area (Å²) in [4.78, 5) is 13.5. The molecule has 5 rings (SSSR count). The first kappa shape index (κ1) is 22.1. The number of allylic oxidation sites excluding steroid dienone is 1. The molecule has 2 heterocycles. The van der Waals surface area contributed by atoms with Gasteiger partial charge in [-0.3, -0.25) is 4.79 Å². The number of ether oxygens (including phenoxy) is 2. The fourth-order valence-corrected chi connectivity index (χ4v) is 4.04. The van der Waals surface area contributed by atoms with Gasteiger partial charge in [-0.25, -0.2) is 0 Å². The Morgan fingerprint density at radius 1 is 1.03 bits per heavy atom. The van der Waals surface area contributed by atoms with Crippen molar-refractivity contribution < 1.29 is 14.3 Å². The van der Waals surface area contributed by atoms with Crippen molar-refractivity contribution in [1.29, 1.82) is 0 Å². The van der Waals surface area contributed by atoms with Gasteiger partial charge in [-0.2, -0.15) is 4.68 Å². The molecule has 0 spiro atoms. The van der Waals surface area contributed by atoms with Crippen LogP contribution in [0.2, 0.25) is 0 Å². The number of methoxy groups -OCH3 is 1. The maximum atomic E-state index is 13.5. The number of nitrogens with zero attached hydrogens (tertiary/aromatic N) is 4. The van der Waals surface area contributed by atoms with E-state index < -0.39 is 6.04 Å². The average Bonchev–Trinajstić information content (AvgIpc) is 3.36. The Bertz CT molecular complexity index is 1370. The van der Waals surface area contributed by atoms with E-state index in [0.29, 0.717) is 35.3 Å². The standard InChI is InChI=1S/C26H24N6O3/c1-17-23(25(33)28-21-10-6-7-11-22(21)34-2)24(32-26(27-17)29-30-31-32)19-12-14-20(15-13-19)35-16-18-8-4-3-5-9-18/h3-15,24H,16H2,1-2H3,(H,28,33)(H,27,29,31). The second-order valence-corrected chi connectivity index (χ2v) is 8.01. The number of rotatable bonds is 7. The Balaban J connectivity index is 1.43. The number of carbonyl (C=O) groups excluding carboxylic acids is 1. The number of benzene rings is 3. The van der Waals surface area contributed by atoms with Crippen molar-refractivity contribution in [2.75, 3.05) is 17.7 Å². The number of nitrogens with one attached hydrogen (secondary N) is 2. The topological polar surface area (TPSA) is 103 Å². The monoisotopic (exact) mass is 468 g/mol. The van der Waals surface area contributed by atoms with Gasteiger partial charge in [0.05, 0.1) is 18.4 Å². The number of carbonyl (C=O) groups is 1. The van der Waals surface area contributed by atoms with Crippen molar-refractivity contribution in [1.82, 2.24) is 20.2 Å². The minimum absolute atomic E-state index is 0.282. The summed E-state index contributed by atoms with van der Waals surface area (Å²) in [6, 6.07) is 24.3. The fourth-order valence-electron chi connectivity index (χ4n) is 4.04. The molecule has 176 valence electrons. The first-order valence-electron chi connectivity index (χ1n) is 11.1. The number of hydrogen-bond donors (Lipinski definition) is 2. The van der Waals surface area contributed by atoms with Crippen LogP contribution in [0.25, 0.3) is 0 Å². The Hall–Kier alpha value is -4.66. The number of aromatic nitrogens is 4. The summed E-state index contributed by atoms with van der Waals surface area (Å²) in [5.74, 6) is 1.48. The molecule has 1 unspecified atom stereocenters. The number of fused-ring (bicyclic) bond motifs is 1. The summed E-state index contributed by atoms with van der Waals surface area (Å²) in [7, 11) is 1.56. The van der Waals surface area contributed by atoms with Crippen molar-refractivity contribution >= 4 is 17.5 Å². The molecule has 0 aliphatic carbocycles. The van der Waals surface area contributed by atoms with Gasteiger partial charge in [-0.15, -0.1) is 0 Å². The van der Waals surface area contributed by atoms with E-state index in [1.807, 2.05) is 73.7 Å². The van der Waals surface area contributed by atoms with Crippen molar-refractivity contribution in [2.45, 2.75) is 19.6 Å². The summed E-state index contributed by atoms with van der Waals surface area (Å²) in [5, 5.41) is 18.1. The van der Waals surface area contributed by atoms with E-state index in [1.165, 1.54) is 0 Å². The molecular weight excluding hydrogens is 444 g/mol. The molecule has 1 amide bonds. The molecule has 3 aromatic carbocycles. The van der Waals surface area contributed by atoms with Gasteiger partial charge in [0.2, 0.25) is 5.95 Å². The van der Waals surface area contributed by atoms with Crippen molar-refractivity contribution in [3.63, 3.8) is 0 Å². The SMILES string of the molecule is COc1ccccc1NC(=O)C1=C(C)Nc2nnnn2C1c1ccc(OCc2ccccc2)cc1. The van der Waals surface area contributed by atoms with Crippen molar-refractivity contribution in [3.05, 3.63) is 101 Å². The fraction of sp³-hybridized carbons (Fsp3) is 0.154. The van der Waals surface area contributed by atoms with Crippen LogP contribution in [0.5, 0.6) is 11.5 Å². The lowest BCUT2D eigenvalue weighted by atomic mass is 9.95. The molecule has 1 aromatic heterocycles. The minimum atomic E-state index is -0.529. The molecule has 1 aliphatic heterocycles. The quantitative estimate of drug-likeness (QED) is 0.419. The maximum absolute atomic E-state index is 13.5. The number of hydrogen-bond acceptors (Lipinski definition) is 7. The first-order valence-corrected chi connectivity index (χ1v) is 11.1. The van der Waals surface area contributed by atoms with Crippen LogP contribution in [0.15, 0.2) is 90.1 Å². The Morgan fingerprint density at radius 3 is 2.54 bits per heavy atom. The van der Waals surface area contributed by atoms with Crippen LogP contribution in [0.4, 0.5) is 11.6 Å². The van der Waals surface area contributed by atoms with E-state index in [2.05, 4.69) is 26.2 Å². The highest BCUT2D eigenvalue weighted by atomic mass is 16.5. The van der Waals surface area contributed by atoms with E-state index in [4.69, 9.17) is 9.47 Å². The van der Waals surface area contributed by atoms with Gasteiger partial charge in [0, 0.05) is 5.70 Å². The number of para-hydroxylation sites is 2. The third-order valence-electron chi connectivity index (χ3n) is 5.76. The Kier molecular flexibility index (Phi) is 6.13. The van der Waals surface area contributed by atoms with Crippen LogP contribution < -0.4 is 20.1 Å². The second kappa shape index (κ2) is 9.68. The largest absolute Gasteiger partial charge is 0.495 e. The second-order valence-electron chi connectivity index (χ2n) is 8.01. The van der Waals surface area contributed by atoms with Gasteiger partial charge in [0.15, 0.2) is 0 Å². The molecule has 0 bridgehead atoms.